The molecule has 0 aromatic carbocycles. The molecule has 0 aliphatic heterocycles. The van der Waals surface area contributed by atoms with Gasteiger partial charge in [0.25, 0.3) is 0 Å². The van der Waals surface area contributed by atoms with Crippen LogP contribution in [0.3, 0.4) is 0 Å². The maximum Gasteiger partial charge on any atom is 0.161 e. The van der Waals surface area contributed by atoms with E-state index >= 15 is 0 Å². The fraction of sp³-hybridized carbons (Fsp3) is 0.111. The van der Waals surface area contributed by atoms with Crippen LogP contribution in [-0.2, 0) is 6.61 Å². The van der Waals surface area contributed by atoms with Crippen LogP contribution in [0.4, 0.5) is 0 Å². The van der Waals surface area contributed by atoms with Crippen molar-refractivity contribution in [1.82, 2.24) is 20.2 Å². The average molecular weight is 188 g/mol. The second kappa shape index (κ2) is 3.89. The molecule has 0 aliphatic rings. The monoisotopic (exact) mass is 188 g/mol. The summed E-state index contributed by atoms with van der Waals surface area (Å²) < 4.78 is 0. The van der Waals surface area contributed by atoms with Gasteiger partial charge in [-0.1, -0.05) is 0 Å². The smallest absolute Gasteiger partial charge is 0.161 e. The zero-order valence-corrected chi connectivity index (χ0v) is 7.33. The number of hydrogen-bond acceptors (Lipinski definition) is 5. The van der Waals surface area contributed by atoms with Crippen molar-refractivity contribution in [3.63, 3.8) is 0 Å². The van der Waals surface area contributed by atoms with Gasteiger partial charge in [-0.15, -0.1) is 0 Å². The quantitative estimate of drug-likeness (QED) is 0.739. The largest absolute Gasteiger partial charge is 0.390 e. The zero-order chi connectivity index (χ0) is 9.80. The summed E-state index contributed by atoms with van der Waals surface area (Å²) >= 11 is 0. The van der Waals surface area contributed by atoms with Crippen LogP contribution >= 0.6 is 0 Å². The lowest BCUT2D eigenvalue weighted by atomic mass is 10.3. The Morgan fingerprint density at radius 2 is 2.07 bits per heavy atom. The van der Waals surface area contributed by atoms with Gasteiger partial charge < -0.3 is 5.11 Å². The summed E-state index contributed by atoms with van der Waals surface area (Å²) in [5.41, 5.74) is 1.38. The summed E-state index contributed by atoms with van der Waals surface area (Å²) in [6.07, 6.45) is 4.76. The van der Waals surface area contributed by atoms with E-state index in [4.69, 9.17) is 5.11 Å². The lowest BCUT2D eigenvalue weighted by Gasteiger charge is -1.99. The minimum absolute atomic E-state index is 0.0893. The molecular weight excluding hydrogens is 180 g/mol. The summed E-state index contributed by atoms with van der Waals surface area (Å²) in [5.74, 6) is 0.548. The number of nitrogens with zero attached hydrogens (tertiary/aromatic N) is 4. The Kier molecular flexibility index (Phi) is 2.42. The standard InChI is InChI=1S/C9H8N4O/c14-6-8-2-3-10-9(13-8)7-1-4-11-12-5-7/h1-5,14H,6H2. The number of hydrogen-bond donors (Lipinski definition) is 1. The highest BCUT2D eigenvalue weighted by Crippen LogP contribution is 2.11. The molecule has 2 heterocycles. The highest BCUT2D eigenvalue weighted by atomic mass is 16.3. The second-order valence-electron chi connectivity index (χ2n) is 2.66. The summed E-state index contributed by atoms with van der Waals surface area (Å²) in [4.78, 5) is 8.20. The minimum Gasteiger partial charge on any atom is -0.390 e. The van der Waals surface area contributed by atoms with Crippen LogP contribution < -0.4 is 0 Å². The van der Waals surface area contributed by atoms with E-state index in [-0.39, 0.29) is 6.61 Å². The number of aliphatic hydroxyl groups is 1. The lowest BCUT2D eigenvalue weighted by molar-refractivity contribution is 0.277. The van der Waals surface area contributed by atoms with Gasteiger partial charge in [-0.05, 0) is 12.1 Å². The van der Waals surface area contributed by atoms with Gasteiger partial charge in [0.2, 0.25) is 0 Å². The molecule has 0 radical (unpaired) electrons. The first kappa shape index (κ1) is 8.71. The molecule has 1 N–H and O–H groups in total. The molecule has 70 valence electrons. The third-order valence-corrected chi connectivity index (χ3v) is 1.72. The summed E-state index contributed by atoms with van der Waals surface area (Å²) in [5, 5.41) is 16.3. The highest BCUT2D eigenvalue weighted by molar-refractivity contribution is 5.51. The molecular formula is C9H8N4O. The topological polar surface area (TPSA) is 71.8 Å². The molecule has 0 aliphatic carbocycles. The second-order valence-corrected chi connectivity index (χ2v) is 2.66. The first-order chi connectivity index (χ1) is 6.90. The molecule has 2 rings (SSSR count). The molecule has 2 aromatic heterocycles. The van der Waals surface area contributed by atoms with Gasteiger partial charge in [-0.25, -0.2) is 9.97 Å². The first-order valence-corrected chi connectivity index (χ1v) is 4.10. The molecule has 0 atom stereocenters. The fourth-order valence-electron chi connectivity index (χ4n) is 1.05. The van der Waals surface area contributed by atoms with Crippen LogP contribution in [-0.4, -0.2) is 25.3 Å². The fourth-order valence-corrected chi connectivity index (χ4v) is 1.05. The van der Waals surface area contributed by atoms with E-state index in [1.807, 2.05) is 0 Å². The Balaban J connectivity index is 2.42. The van der Waals surface area contributed by atoms with Gasteiger partial charge in [-0.3, -0.25) is 0 Å². The van der Waals surface area contributed by atoms with Crippen LogP contribution in [0.25, 0.3) is 11.4 Å². The molecule has 5 heteroatoms. The Morgan fingerprint density at radius 3 is 2.79 bits per heavy atom. The SMILES string of the molecule is OCc1ccnc(-c2ccnnc2)n1. The van der Waals surface area contributed by atoms with Crippen LogP contribution in [0, 0.1) is 0 Å². The highest BCUT2D eigenvalue weighted by Gasteiger charge is 2.01. The van der Waals surface area contributed by atoms with Crippen molar-refractivity contribution >= 4 is 0 Å². The molecule has 0 bridgehead atoms. The van der Waals surface area contributed by atoms with Crippen LogP contribution in [0.5, 0.6) is 0 Å². The Morgan fingerprint density at radius 1 is 1.14 bits per heavy atom. The molecule has 2 aromatic rings. The molecule has 5 nitrogen and oxygen atoms in total. The van der Waals surface area contributed by atoms with Crippen molar-refractivity contribution in [1.29, 1.82) is 0 Å². The van der Waals surface area contributed by atoms with Crippen LogP contribution in [0.1, 0.15) is 5.69 Å². The third kappa shape index (κ3) is 1.72. The van der Waals surface area contributed by atoms with Gasteiger partial charge in [0.05, 0.1) is 24.7 Å². The van der Waals surface area contributed by atoms with Crippen molar-refractivity contribution in [2.24, 2.45) is 0 Å². The number of rotatable bonds is 2. The van der Waals surface area contributed by atoms with Gasteiger partial charge in [-0.2, -0.15) is 10.2 Å². The molecule has 0 saturated carbocycles. The minimum atomic E-state index is -0.0893. The predicted octanol–water partition coefficient (Wildman–Crippen LogP) is 0.426. The molecule has 0 fully saturated rings. The Labute approximate surface area is 80.5 Å². The van der Waals surface area contributed by atoms with E-state index in [0.717, 1.165) is 5.56 Å². The van der Waals surface area contributed by atoms with Gasteiger partial charge >= 0.3 is 0 Å². The lowest BCUT2D eigenvalue weighted by Crippen LogP contribution is -1.95. The van der Waals surface area contributed by atoms with Crippen molar-refractivity contribution in [2.45, 2.75) is 6.61 Å². The van der Waals surface area contributed by atoms with Gasteiger partial charge in [0.15, 0.2) is 5.82 Å². The van der Waals surface area contributed by atoms with Crippen LogP contribution in [0.15, 0.2) is 30.7 Å². The van der Waals surface area contributed by atoms with E-state index < -0.39 is 0 Å². The number of aromatic nitrogens is 4. The summed E-state index contributed by atoms with van der Waals surface area (Å²) in [6.45, 7) is -0.0893. The zero-order valence-electron chi connectivity index (χ0n) is 7.33. The van der Waals surface area contributed by atoms with Crippen molar-refractivity contribution in [3.05, 3.63) is 36.4 Å². The normalized spacial score (nSPS) is 10.1. The number of aliphatic hydroxyl groups excluding tert-OH is 1. The van der Waals surface area contributed by atoms with E-state index in [1.165, 1.54) is 0 Å². The Bertz CT molecular complexity index is 418. The van der Waals surface area contributed by atoms with Crippen LogP contribution in [0.2, 0.25) is 0 Å². The van der Waals surface area contributed by atoms with Gasteiger partial charge in [0, 0.05) is 11.8 Å². The van der Waals surface area contributed by atoms with Crippen molar-refractivity contribution in [2.75, 3.05) is 0 Å². The van der Waals surface area contributed by atoms with Crippen molar-refractivity contribution < 1.29 is 5.11 Å². The molecule has 0 amide bonds. The predicted molar refractivity (Wildman–Crippen MR) is 49.0 cm³/mol. The van der Waals surface area contributed by atoms with E-state index in [0.29, 0.717) is 11.5 Å². The van der Waals surface area contributed by atoms with E-state index in [2.05, 4.69) is 20.2 Å². The molecule has 14 heavy (non-hydrogen) atoms. The maximum absolute atomic E-state index is 8.89. The molecule has 0 saturated heterocycles. The van der Waals surface area contributed by atoms with Crippen molar-refractivity contribution in [3.8, 4) is 11.4 Å². The molecule has 0 unspecified atom stereocenters. The summed E-state index contributed by atoms with van der Waals surface area (Å²) in [7, 11) is 0. The molecule has 0 spiro atoms. The Hall–Kier alpha value is -1.88. The van der Waals surface area contributed by atoms with E-state index in [9.17, 15) is 0 Å². The third-order valence-electron chi connectivity index (χ3n) is 1.72. The maximum atomic E-state index is 8.89. The summed E-state index contributed by atoms with van der Waals surface area (Å²) in [6, 6.07) is 3.43. The van der Waals surface area contributed by atoms with E-state index in [1.54, 1.807) is 30.7 Å². The average Bonchev–Trinajstić information content (AvgIpc) is 2.30. The first-order valence-electron chi connectivity index (χ1n) is 4.10. The van der Waals surface area contributed by atoms with Gasteiger partial charge in [0.1, 0.15) is 0 Å².